The molecular weight excluding hydrogens is 202 g/mol. The van der Waals surface area contributed by atoms with Crippen molar-refractivity contribution in [3.63, 3.8) is 0 Å². The summed E-state index contributed by atoms with van der Waals surface area (Å²) < 4.78 is 0. The first-order chi connectivity index (χ1) is 7.72. The Kier molecular flexibility index (Phi) is 5.12. The zero-order valence-corrected chi connectivity index (χ0v) is 9.23. The van der Waals surface area contributed by atoms with Gasteiger partial charge in [0.15, 0.2) is 0 Å². The van der Waals surface area contributed by atoms with Gasteiger partial charge in [-0.05, 0) is 37.8 Å². The fourth-order valence-electron chi connectivity index (χ4n) is 1.45. The molecule has 0 unspecified atom stereocenters. The van der Waals surface area contributed by atoms with E-state index in [-0.39, 0.29) is 5.56 Å². The summed E-state index contributed by atoms with van der Waals surface area (Å²) in [7, 11) is 0. The third-order valence-electron chi connectivity index (χ3n) is 2.35. The molecule has 3 nitrogen and oxygen atoms in total. The van der Waals surface area contributed by atoms with E-state index in [0.29, 0.717) is 5.69 Å². The fraction of sp³-hybridized carbons (Fsp3) is 0.308. The molecule has 3 N–H and O–H groups in total. The van der Waals surface area contributed by atoms with E-state index >= 15 is 0 Å². The van der Waals surface area contributed by atoms with Crippen LogP contribution in [0.15, 0.2) is 36.4 Å². The molecule has 0 saturated heterocycles. The van der Waals surface area contributed by atoms with Crippen molar-refractivity contribution < 1.29 is 9.90 Å². The minimum absolute atomic E-state index is 0.155. The molecule has 0 saturated carbocycles. The van der Waals surface area contributed by atoms with Crippen molar-refractivity contribution in [2.45, 2.75) is 25.7 Å². The van der Waals surface area contributed by atoms with Gasteiger partial charge in [-0.25, -0.2) is 4.79 Å². The number of anilines is 1. The summed E-state index contributed by atoms with van der Waals surface area (Å²) in [4.78, 5) is 10.3. The lowest BCUT2D eigenvalue weighted by Gasteiger charge is -1.97. The number of rotatable bonds is 1. The molecule has 2 rings (SSSR count). The van der Waals surface area contributed by atoms with E-state index in [2.05, 4.69) is 12.2 Å². The summed E-state index contributed by atoms with van der Waals surface area (Å²) in [5.41, 5.74) is 5.80. The lowest BCUT2D eigenvalue weighted by molar-refractivity contribution is 0.0698. The maximum Gasteiger partial charge on any atom is 0.337 e. The van der Waals surface area contributed by atoms with E-state index < -0.39 is 5.97 Å². The van der Waals surface area contributed by atoms with Gasteiger partial charge in [0.2, 0.25) is 0 Å². The number of allylic oxidation sites excluding steroid dienone is 2. The van der Waals surface area contributed by atoms with Gasteiger partial charge in [0, 0.05) is 5.69 Å². The Hall–Kier alpha value is -1.77. The highest BCUT2D eigenvalue weighted by atomic mass is 16.4. The van der Waals surface area contributed by atoms with Gasteiger partial charge in [-0.2, -0.15) is 0 Å². The predicted molar refractivity (Wildman–Crippen MR) is 65.4 cm³/mol. The maximum absolute atomic E-state index is 10.3. The molecule has 0 aromatic heterocycles. The molecule has 0 spiro atoms. The van der Waals surface area contributed by atoms with Crippen molar-refractivity contribution in [3.05, 3.63) is 42.0 Å². The molecule has 0 aliphatic heterocycles. The summed E-state index contributed by atoms with van der Waals surface area (Å²) in [6.07, 6.45) is 10.0. The molecular formula is C13H17NO2. The van der Waals surface area contributed by atoms with Gasteiger partial charge in [-0.15, -0.1) is 0 Å². The number of carboxylic acid groups (broad SMARTS) is 1. The number of nitrogens with two attached hydrogens (primary N) is 1. The molecule has 0 radical (unpaired) electrons. The predicted octanol–water partition coefficient (Wildman–Crippen LogP) is 3.08. The topological polar surface area (TPSA) is 63.3 Å². The average Bonchev–Trinajstić information content (AvgIpc) is 2.32. The lowest BCUT2D eigenvalue weighted by atomic mass is 10.1. The zero-order chi connectivity index (χ0) is 11.8. The van der Waals surface area contributed by atoms with Crippen LogP contribution in [0.3, 0.4) is 0 Å². The van der Waals surface area contributed by atoms with E-state index in [1.165, 1.54) is 31.7 Å². The van der Waals surface area contributed by atoms with Crippen molar-refractivity contribution >= 4 is 11.7 Å². The quantitative estimate of drug-likeness (QED) is 0.563. The van der Waals surface area contributed by atoms with Crippen LogP contribution >= 0.6 is 0 Å². The van der Waals surface area contributed by atoms with E-state index in [1.807, 2.05) is 0 Å². The molecule has 16 heavy (non-hydrogen) atoms. The molecule has 0 bridgehead atoms. The highest BCUT2D eigenvalue weighted by Crippen LogP contribution is 2.09. The molecule has 1 aromatic carbocycles. The number of benzene rings is 1. The summed E-state index contributed by atoms with van der Waals surface area (Å²) in [6, 6.07) is 6.36. The normalized spacial score (nSPS) is 13.8. The third-order valence-corrected chi connectivity index (χ3v) is 2.35. The van der Waals surface area contributed by atoms with E-state index in [4.69, 9.17) is 10.8 Å². The molecule has 3 heteroatoms. The first kappa shape index (κ1) is 12.3. The largest absolute Gasteiger partial charge is 0.478 e. The van der Waals surface area contributed by atoms with Crippen LogP contribution in [-0.4, -0.2) is 11.1 Å². The molecule has 0 fully saturated rings. The Balaban J connectivity index is 0.000000181. The average molecular weight is 219 g/mol. The molecule has 0 heterocycles. The van der Waals surface area contributed by atoms with Crippen LogP contribution in [0.2, 0.25) is 0 Å². The van der Waals surface area contributed by atoms with Crippen LogP contribution in [-0.2, 0) is 0 Å². The Labute approximate surface area is 95.6 Å². The second-order valence-corrected chi connectivity index (χ2v) is 3.65. The highest BCUT2D eigenvalue weighted by molar-refractivity contribution is 5.93. The maximum atomic E-state index is 10.3. The van der Waals surface area contributed by atoms with Gasteiger partial charge < -0.3 is 10.8 Å². The Morgan fingerprint density at radius 2 is 1.69 bits per heavy atom. The van der Waals surface area contributed by atoms with Crippen molar-refractivity contribution in [1.82, 2.24) is 0 Å². The van der Waals surface area contributed by atoms with E-state index in [1.54, 1.807) is 18.2 Å². The van der Waals surface area contributed by atoms with Gasteiger partial charge in [0.1, 0.15) is 0 Å². The standard InChI is InChI=1S/C7H7NO2.C6H10/c8-6-4-2-1-3-5(6)7(9)10;1-2-4-6-5-3-1/h1-4H,8H2,(H,9,10);1-2H,3-6H2. The Bertz CT molecular complexity index is 364. The zero-order valence-electron chi connectivity index (χ0n) is 9.23. The highest BCUT2D eigenvalue weighted by Gasteiger charge is 2.03. The van der Waals surface area contributed by atoms with Gasteiger partial charge in [-0.1, -0.05) is 24.3 Å². The summed E-state index contributed by atoms with van der Waals surface area (Å²) in [6.45, 7) is 0. The monoisotopic (exact) mass is 219 g/mol. The van der Waals surface area contributed by atoms with E-state index in [9.17, 15) is 4.79 Å². The second-order valence-electron chi connectivity index (χ2n) is 3.65. The van der Waals surface area contributed by atoms with Gasteiger partial charge >= 0.3 is 5.97 Å². The van der Waals surface area contributed by atoms with Gasteiger partial charge in [0.05, 0.1) is 5.56 Å². The second kappa shape index (κ2) is 6.67. The van der Waals surface area contributed by atoms with Crippen molar-refractivity contribution in [2.24, 2.45) is 0 Å². The minimum atomic E-state index is -0.988. The number of nitrogen functional groups attached to an aromatic ring is 1. The number of para-hydroxylation sites is 1. The van der Waals surface area contributed by atoms with Crippen LogP contribution in [0.4, 0.5) is 5.69 Å². The van der Waals surface area contributed by atoms with E-state index in [0.717, 1.165) is 0 Å². The Morgan fingerprint density at radius 1 is 1.12 bits per heavy atom. The number of aromatic carboxylic acids is 1. The number of carbonyl (C=O) groups is 1. The third kappa shape index (κ3) is 4.17. The van der Waals surface area contributed by atoms with Crippen LogP contribution in [0.1, 0.15) is 36.0 Å². The van der Waals surface area contributed by atoms with Gasteiger partial charge in [0.25, 0.3) is 0 Å². The summed E-state index contributed by atoms with van der Waals surface area (Å²) in [5, 5.41) is 8.49. The minimum Gasteiger partial charge on any atom is -0.478 e. The molecule has 1 aliphatic carbocycles. The smallest absolute Gasteiger partial charge is 0.337 e. The fourth-order valence-corrected chi connectivity index (χ4v) is 1.45. The first-order valence-corrected chi connectivity index (χ1v) is 5.44. The first-order valence-electron chi connectivity index (χ1n) is 5.44. The van der Waals surface area contributed by atoms with Crippen LogP contribution in [0.5, 0.6) is 0 Å². The van der Waals surface area contributed by atoms with Crippen LogP contribution in [0.25, 0.3) is 0 Å². The molecule has 0 atom stereocenters. The molecule has 1 aromatic rings. The number of hydrogen-bond acceptors (Lipinski definition) is 2. The molecule has 1 aliphatic rings. The lowest BCUT2D eigenvalue weighted by Crippen LogP contribution is -2.00. The van der Waals surface area contributed by atoms with Crippen LogP contribution in [0, 0.1) is 0 Å². The number of carboxylic acids is 1. The van der Waals surface area contributed by atoms with Crippen molar-refractivity contribution in [2.75, 3.05) is 5.73 Å². The number of hydrogen-bond donors (Lipinski definition) is 2. The van der Waals surface area contributed by atoms with Gasteiger partial charge in [-0.3, -0.25) is 0 Å². The molecule has 86 valence electrons. The SMILES string of the molecule is C1=CCCCC1.Nc1ccccc1C(=O)O. The van der Waals surface area contributed by atoms with Crippen molar-refractivity contribution in [3.8, 4) is 0 Å². The molecule has 0 amide bonds. The van der Waals surface area contributed by atoms with Crippen molar-refractivity contribution in [1.29, 1.82) is 0 Å². The summed E-state index contributed by atoms with van der Waals surface area (Å²) in [5.74, 6) is -0.988. The Morgan fingerprint density at radius 3 is 2.00 bits per heavy atom. The summed E-state index contributed by atoms with van der Waals surface area (Å²) >= 11 is 0. The van der Waals surface area contributed by atoms with Crippen LogP contribution < -0.4 is 5.73 Å².